The van der Waals surface area contributed by atoms with Crippen LogP contribution in [-0.2, 0) is 24.2 Å². The number of aryl methyl sites for hydroxylation is 1. The minimum atomic E-state index is -1.39. The molecule has 0 radical (unpaired) electrons. The van der Waals surface area contributed by atoms with E-state index in [-0.39, 0.29) is 31.3 Å². The number of aliphatic carboxylic acids is 1. The van der Waals surface area contributed by atoms with Gasteiger partial charge in [-0.3, -0.25) is 0 Å². The predicted octanol–water partition coefficient (Wildman–Crippen LogP) is 6.67. The molecule has 2 atom stereocenters. The van der Waals surface area contributed by atoms with Crippen molar-refractivity contribution >= 4 is 43.5 Å². The fraction of sp³-hybridized carbons (Fsp3) is 0.216. The molecule has 0 saturated carbocycles. The lowest BCUT2D eigenvalue weighted by Gasteiger charge is -2.19. The van der Waals surface area contributed by atoms with Gasteiger partial charge in [-0.05, 0) is 81.9 Å². The van der Waals surface area contributed by atoms with Gasteiger partial charge in [0.25, 0.3) is 0 Å². The first-order chi connectivity index (χ1) is 24.7. The number of carboxylic acids is 1. The maximum atomic E-state index is 13.6. The molecule has 3 heterocycles. The van der Waals surface area contributed by atoms with Crippen molar-refractivity contribution in [2.75, 3.05) is 13.7 Å². The molecule has 0 bridgehead atoms. The van der Waals surface area contributed by atoms with Crippen LogP contribution in [-0.4, -0.2) is 67.1 Å². The predicted molar refractivity (Wildman–Crippen MR) is 192 cm³/mol. The van der Waals surface area contributed by atoms with Crippen molar-refractivity contribution in [3.63, 3.8) is 0 Å². The second-order valence-corrected chi connectivity index (χ2v) is 13.2. The Kier molecular flexibility index (Phi) is 11.5. The number of hydrogen-bond donors (Lipinski definition) is 3. The van der Waals surface area contributed by atoms with Crippen LogP contribution in [0.3, 0.4) is 0 Å². The maximum Gasteiger partial charge on any atom is 0.345 e. The van der Waals surface area contributed by atoms with Crippen molar-refractivity contribution in [2.24, 2.45) is 0 Å². The van der Waals surface area contributed by atoms with E-state index in [1.807, 2.05) is 36.4 Å². The van der Waals surface area contributed by atoms with Gasteiger partial charge >= 0.3 is 5.97 Å². The van der Waals surface area contributed by atoms with Crippen LogP contribution in [0.1, 0.15) is 23.2 Å². The first-order valence-electron chi connectivity index (χ1n) is 15.8. The van der Waals surface area contributed by atoms with Gasteiger partial charge in [-0.1, -0.05) is 36.4 Å². The minimum Gasteiger partial charge on any atom is -0.496 e. The second-order valence-electron chi connectivity index (χ2n) is 11.4. The van der Waals surface area contributed by atoms with Gasteiger partial charge in [0.05, 0.1) is 45.8 Å². The molecule has 0 aliphatic heterocycles. The third-order valence-corrected chi connectivity index (χ3v) is 10.2. The molecule has 51 heavy (non-hydrogen) atoms. The van der Waals surface area contributed by atoms with Crippen molar-refractivity contribution in [1.82, 2.24) is 19.9 Å². The summed E-state index contributed by atoms with van der Waals surface area (Å²) in [6.45, 7) is -0.313. The molecule has 0 amide bonds. The molecular weight excluding hydrogens is 743 g/mol. The normalized spacial score (nSPS) is 12.4. The molecule has 1 unspecified atom stereocenters. The Balaban J connectivity index is 1.28. The molecule has 3 N–H and O–H groups in total. The number of para-hydroxylation sites is 1. The van der Waals surface area contributed by atoms with Gasteiger partial charge in [-0.15, -0.1) is 11.3 Å². The highest BCUT2D eigenvalue weighted by Gasteiger charge is 2.26. The SMILES string of the molecule is COc1ccccc1-c1nccc(COc2ccc(CC[C@H](O)CO)cc2CC(Oc2ncnc3sc(-c4ccc(F)cc4)c(Br)c23)C(=O)O)n1. The van der Waals surface area contributed by atoms with E-state index in [9.17, 15) is 24.5 Å². The number of hydrogen-bond acceptors (Lipinski definition) is 11. The number of halogens is 2. The number of thiophene rings is 1. The van der Waals surface area contributed by atoms with E-state index >= 15 is 0 Å². The highest BCUT2D eigenvalue weighted by atomic mass is 79.9. The zero-order chi connectivity index (χ0) is 35.9. The Morgan fingerprint density at radius 3 is 2.59 bits per heavy atom. The molecule has 0 spiro atoms. The summed E-state index contributed by atoms with van der Waals surface area (Å²) in [6.07, 6.45) is 1.29. The zero-order valence-electron chi connectivity index (χ0n) is 27.2. The Hall–Kier alpha value is -5.02. The summed E-state index contributed by atoms with van der Waals surface area (Å²) in [7, 11) is 1.58. The first-order valence-corrected chi connectivity index (χ1v) is 17.4. The quantitative estimate of drug-likeness (QED) is 0.102. The van der Waals surface area contributed by atoms with Gasteiger partial charge in [-0.25, -0.2) is 29.1 Å². The van der Waals surface area contributed by atoms with E-state index in [0.29, 0.717) is 56.1 Å². The van der Waals surface area contributed by atoms with Crippen molar-refractivity contribution in [3.8, 4) is 39.2 Å². The average molecular weight is 776 g/mol. The number of carboxylic acid groups (broad SMARTS) is 1. The van der Waals surface area contributed by atoms with Crippen LogP contribution >= 0.6 is 27.3 Å². The van der Waals surface area contributed by atoms with Gasteiger partial charge in [-0.2, -0.15) is 0 Å². The van der Waals surface area contributed by atoms with E-state index in [1.54, 1.807) is 37.6 Å². The van der Waals surface area contributed by atoms with Gasteiger partial charge in [0.15, 0.2) is 5.82 Å². The number of fused-ring (bicyclic) bond motifs is 1. The van der Waals surface area contributed by atoms with Gasteiger partial charge < -0.3 is 29.5 Å². The summed E-state index contributed by atoms with van der Waals surface area (Å²) >= 11 is 4.94. The lowest BCUT2D eigenvalue weighted by Crippen LogP contribution is -2.30. The number of aliphatic hydroxyl groups excluding tert-OH is 2. The standard InChI is InChI=1S/C37H32BrFN4O7S/c1-48-29-5-3-2-4-27(29)34-40-15-14-25(43-34)19-49-28-13-7-21(6-12-26(45)18-44)16-23(28)17-30(37(46)47)50-35-31-32(38)33(51-36(31)42-20-41-35)22-8-10-24(39)11-9-22/h2-5,7-11,13-16,20,26,30,44-45H,6,12,17-19H2,1H3,(H,46,47)/t26-,30?/m0/s1. The number of rotatable bonds is 15. The molecule has 0 fully saturated rings. The Labute approximate surface area is 304 Å². The lowest BCUT2D eigenvalue weighted by molar-refractivity contribution is -0.145. The van der Waals surface area contributed by atoms with Crippen molar-refractivity contribution in [2.45, 2.75) is 38.1 Å². The Bertz CT molecular complexity index is 2150. The van der Waals surface area contributed by atoms with Crippen LogP contribution < -0.4 is 14.2 Å². The van der Waals surface area contributed by atoms with E-state index in [4.69, 9.17) is 14.2 Å². The summed E-state index contributed by atoms with van der Waals surface area (Å²) in [5.41, 5.74) is 3.40. The summed E-state index contributed by atoms with van der Waals surface area (Å²) in [6, 6.07) is 20.5. The van der Waals surface area contributed by atoms with E-state index < -0.39 is 18.2 Å². The minimum absolute atomic E-state index is 0.0549. The Morgan fingerprint density at radius 1 is 1.02 bits per heavy atom. The number of methoxy groups -OCH3 is 1. The van der Waals surface area contributed by atoms with Crippen LogP contribution in [0.4, 0.5) is 4.39 Å². The smallest absolute Gasteiger partial charge is 0.345 e. The molecule has 3 aromatic heterocycles. The third-order valence-electron chi connectivity index (χ3n) is 7.97. The fourth-order valence-corrected chi connectivity index (χ4v) is 7.36. The molecule has 3 aromatic carbocycles. The highest BCUT2D eigenvalue weighted by molar-refractivity contribution is 9.10. The van der Waals surface area contributed by atoms with E-state index in [0.717, 1.165) is 21.6 Å². The monoisotopic (exact) mass is 774 g/mol. The fourth-order valence-electron chi connectivity index (χ4n) is 5.37. The summed E-state index contributed by atoms with van der Waals surface area (Å²) < 4.78 is 32.0. The largest absolute Gasteiger partial charge is 0.496 e. The Morgan fingerprint density at radius 2 is 1.82 bits per heavy atom. The van der Waals surface area contributed by atoms with Gasteiger partial charge in [0.2, 0.25) is 12.0 Å². The molecule has 0 aliphatic rings. The number of aromatic nitrogens is 4. The number of carbonyl (C=O) groups is 1. The van der Waals surface area contributed by atoms with Crippen LogP contribution in [0.2, 0.25) is 0 Å². The lowest BCUT2D eigenvalue weighted by atomic mass is 10.00. The second kappa shape index (κ2) is 16.3. The van der Waals surface area contributed by atoms with Gasteiger partial charge in [0, 0.05) is 12.6 Å². The summed E-state index contributed by atoms with van der Waals surface area (Å²) in [4.78, 5) is 31.7. The molecule has 0 aliphatic carbocycles. The van der Waals surface area contributed by atoms with Crippen molar-refractivity contribution < 1.29 is 38.7 Å². The van der Waals surface area contributed by atoms with Crippen LogP contribution in [0.5, 0.6) is 17.4 Å². The molecular formula is C37H32BrFN4O7S. The number of aliphatic hydroxyl groups is 2. The maximum absolute atomic E-state index is 13.6. The average Bonchev–Trinajstić information content (AvgIpc) is 3.50. The van der Waals surface area contributed by atoms with E-state index in [2.05, 4.69) is 35.9 Å². The van der Waals surface area contributed by atoms with E-state index in [1.165, 1.54) is 29.8 Å². The van der Waals surface area contributed by atoms with Crippen molar-refractivity contribution in [3.05, 3.63) is 112 Å². The molecule has 262 valence electrons. The third kappa shape index (κ3) is 8.48. The van der Waals surface area contributed by atoms with Crippen LogP contribution in [0, 0.1) is 5.82 Å². The molecule has 0 saturated heterocycles. The van der Waals surface area contributed by atoms with Crippen LogP contribution in [0.15, 0.2) is 89.8 Å². The number of ether oxygens (including phenoxy) is 3. The zero-order valence-corrected chi connectivity index (χ0v) is 29.6. The summed E-state index contributed by atoms with van der Waals surface area (Å²) in [5, 5.41) is 30.1. The van der Waals surface area contributed by atoms with Crippen molar-refractivity contribution in [1.29, 1.82) is 0 Å². The molecule has 6 rings (SSSR count). The highest BCUT2D eigenvalue weighted by Crippen LogP contribution is 2.44. The molecule has 6 aromatic rings. The molecule has 14 heteroatoms. The summed E-state index contributed by atoms with van der Waals surface area (Å²) in [5.74, 6) is -0.0203. The topological polar surface area (TPSA) is 157 Å². The van der Waals surface area contributed by atoms with Crippen LogP contribution in [0.25, 0.3) is 32.0 Å². The molecule has 11 nitrogen and oxygen atoms in total. The number of nitrogens with zero attached hydrogens (tertiary/aromatic N) is 4. The van der Waals surface area contributed by atoms with Gasteiger partial charge in [0.1, 0.15) is 35.1 Å². The number of benzene rings is 3. The first kappa shape index (κ1) is 35.8.